The summed E-state index contributed by atoms with van der Waals surface area (Å²) in [7, 11) is 0. The van der Waals surface area contributed by atoms with Crippen molar-refractivity contribution in [1.29, 1.82) is 0 Å². The van der Waals surface area contributed by atoms with Crippen LogP contribution in [0, 0.1) is 5.95 Å². The van der Waals surface area contributed by atoms with Crippen molar-refractivity contribution in [3.63, 3.8) is 0 Å². The Kier molecular flexibility index (Phi) is 1.06. The summed E-state index contributed by atoms with van der Waals surface area (Å²) in [5.74, 6) is -0.604. The largest absolute Gasteiger partial charge is 0.325 e. The number of hydrogen-bond acceptors (Lipinski definition) is 2. The maximum absolute atomic E-state index is 12.4. The molecular weight excluding hydrogens is 149 g/mol. The highest BCUT2D eigenvalue weighted by Gasteiger charge is 1.98. The summed E-state index contributed by atoms with van der Waals surface area (Å²) >= 11 is 0. The number of pyridine rings is 1. The first-order valence-corrected chi connectivity index (χ1v) is 3.00. The molecule has 0 aromatic carbocycles. The van der Waals surface area contributed by atoms with Crippen molar-refractivity contribution in [2.45, 2.75) is 0 Å². The normalized spacial score (nSPS) is 10.6. The van der Waals surface area contributed by atoms with E-state index in [9.17, 15) is 9.18 Å². The SMILES string of the molecule is O=c1[nH]c2ccc(F)nc2[nH]1. The first-order valence-electron chi connectivity index (χ1n) is 3.00. The van der Waals surface area contributed by atoms with Crippen molar-refractivity contribution in [2.24, 2.45) is 0 Å². The van der Waals surface area contributed by atoms with Crippen LogP contribution in [0.15, 0.2) is 16.9 Å². The van der Waals surface area contributed by atoms with E-state index in [1.54, 1.807) is 0 Å². The van der Waals surface area contributed by atoms with Gasteiger partial charge in [0.15, 0.2) is 5.65 Å². The number of aromatic nitrogens is 3. The molecule has 0 amide bonds. The highest BCUT2D eigenvalue weighted by atomic mass is 19.1. The predicted molar refractivity (Wildman–Crippen MR) is 36.7 cm³/mol. The summed E-state index contributed by atoms with van der Waals surface area (Å²) in [6.45, 7) is 0. The number of fused-ring (bicyclic) bond motifs is 1. The molecule has 0 aliphatic heterocycles. The van der Waals surface area contributed by atoms with Gasteiger partial charge in [-0.05, 0) is 12.1 Å². The molecule has 2 N–H and O–H groups in total. The van der Waals surface area contributed by atoms with Crippen LogP contribution in [0.1, 0.15) is 0 Å². The average molecular weight is 153 g/mol. The molecule has 11 heavy (non-hydrogen) atoms. The highest BCUT2D eigenvalue weighted by molar-refractivity contribution is 5.68. The van der Waals surface area contributed by atoms with Crippen molar-refractivity contribution in [1.82, 2.24) is 15.0 Å². The van der Waals surface area contributed by atoms with Gasteiger partial charge in [-0.3, -0.25) is 4.98 Å². The van der Waals surface area contributed by atoms with Gasteiger partial charge in [-0.2, -0.15) is 9.37 Å². The van der Waals surface area contributed by atoms with E-state index in [0.717, 1.165) is 0 Å². The lowest BCUT2D eigenvalue weighted by atomic mass is 10.4. The smallest absolute Gasteiger partial charge is 0.304 e. The van der Waals surface area contributed by atoms with Crippen molar-refractivity contribution in [3.8, 4) is 0 Å². The Balaban J connectivity index is 2.92. The maximum Gasteiger partial charge on any atom is 0.325 e. The van der Waals surface area contributed by atoms with E-state index in [1.165, 1.54) is 12.1 Å². The zero-order valence-corrected chi connectivity index (χ0v) is 5.39. The minimum Gasteiger partial charge on any atom is -0.304 e. The number of imidazole rings is 1. The molecule has 2 aromatic rings. The van der Waals surface area contributed by atoms with Crippen molar-refractivity contribution < 1.29 is 4.39 Å². The molecule has 0 saturated carbocycles. The molecule has 0 aliphatic carbocycles. The van der Waals surface area contributed by atoms with E-state index < -0.39 is 5.95 Å². The number of aromatic amines is 2. The molecule has 0 bridgehead atoms. The summed E-state index contributed by atoms with van der Waals surface area (Å²) in [5.41, 5.74) is 0.379. The van der Waals surface area contributed by atoms with E-state index in [0.29, 0.717) is 5.52 Å². The Bertz CT molecular complexity index is 444. The molecule has 0 atom stereocenters. The summed E-state index contributed by atoms with van der Waals surface area (Å²) in [5, 5.41) is 0. The van der Waals surface area contributed by atoms with Crippen LogP contribution in [-0.4, -0.2) is 15.0 Å². The summed E-state index contributed by atoms with van der Waals surface area (Å²) in [6, 6.07) is 2.64. The lowest BCUT2D eigenvalue weighted by Gasteiger charge is -1.85. The summed E-state index contributed by atoms with van der Waals surface area (Å²) in [4.78, 5) is 18.9. The van der Waals surface area contributed by atoms with Crippen molar-refractivity contribution >= 4 is 11.2 Å². The number of nitrogens with zero attached hydrogens (tertiary/aromatic N) is 1. The molecular formula is C6H4FN3O. The zero-order valence-electron chi connectivity index (χ0n) is 5.39. The van der Waals surface area contributed by atoms with Crippen molar-refractivity contribution in [2.75, 3.05) is 0 Å². The first kappa shape index (κ1) is 6.09. The van der Waals surface area contributed by atoms with Gasteiger partial charge in [0.25, 0.3) is 0 Å². The third-order valence-electron chi connectivity index (χ3n) is 1.34. The van der Waals surface area contributed by atoms with Crippen LogP contribution in [0.4, 0.5) is 4.39 Å². The molecule has 0 saturated heterocycles. The number of H-pyrrole nitrogens is 2. The van der Waals surface area contributed by atoms with Crippen LogP contribution in [0.5, 0.6) is 0 Å². The predicted octanol–water partition coefficient (Wildman–Crippen LogP) is 0.390. The van der Waals surface area contributed by atoms with Gasteiger partial charge in [-0.1, -0.05) is 0 Å². The molecule has 4 nitrogen and oxygen atoms in total. The van der Waals surface area contributed by atoms with Gasteiger partial charge in [-0.25, -0.2) is 4.79 Å². The number of nitrogens with one attached hydrogen (secondary N) is 2. The third-order valence-corrected chi connectivity index (χ3v) is 1.34. The molecule has 0 spiro atoms. The fourth-order valence-electron chi connectivity index (χ4n) is 0.893. The van der Waals surface area contributed by atoms with Crippen LogP contribution in [0.25, 0.3) is 11.2 Å². The van der Waals surface area contributed by atoms with E-state index in [2.05, 4.69) is 15.0 Å². The average Bonchev–Trinajstić information content (AvgIpc) is 2.27. The van der Waals surface area contributed by atoms with Gasteiger partial charge in [0.05, 0.1) is 5.52 Å². The topological polar surface area (TPSA) is 61.5 Å². The molecule has 0 aliphatic rings. The van der Waals surface area contributed by atoms with E-state index in [-0.39, 0.29) is 11.3 Å². The lowest BCUT2D eigenvalue weighted by Crippen LogP contribution is -1.99. The van der Waals surface area contributed by atoms with Gasteiger partial charge < -0.3 is 4.98 Å². The Morgan fingerprint density at radius 3 is 3.00 bits per heavy atom. The Hall–Kier alpha value is -1.65. The number of hydrogen-bond donors (Lipinski definition) is 2. The van der Waals surface area contributed by atoms with Gasteiger partial charge in [0.1, 0.15) is 0 Å². The molecule has 2 heterocycles. The molecule has 56 valence electrons. The number of rotatable bonds is 0. The molecule has 2 aromatic heterocycles. The Morgan fingerprint density at radius 1 is 1.36 bits per heavy atom. The van der Waals surface area contributed by atoms with Crippen LogP contribution in [-0.2, 0) is 0 Å². The maximum atomic E-state index is 12.4. The van der Waals surface area contributed by atoms with Gasteiger partial charge in [0.2, 0.25) is 5.95 Å². The standard InChI is InChI=1S/C6H4FN3O/c7-4-2-1-3-5(9-4)10-6(11)8-3/h1-2H,(H2,8,9,10,11). The second kappa shape index (κ2) is 1.91. The molecule has 2 rings (SSSR count). The molecule has 5 heteroatoms. The van der Waals surface area contributed by atoms with Gasteiger partial charge in [-0.15, -0.1) is 0 Å². The summed E-state index contributed by atoms with van der Waals surface area (Å²) in [6.07, 6.45) is 0. The van der Waals surface area contributed by atoms with Crippen LogP contribution in [0.3, 0.4) is 0 Å². The fourth-order valence-corrected chi connectivity index (χ4v) is 0.893. The minimum atomic E-state index is -0.604. The number of halogens is 1. The quantitative estimate of drug-likeness (QED) is 0.538. The highest BCUT2D eigenvalue weighted by Crippen LogP contribution is 2.02. The fraction of sp³-hybridized carbons (Fsp3) is 0. The van der Waals surface area contributed by atoms with Gasteiger partial charge >= 0.3 is 5.69 Å². The first-order chi connectivity index (χ1) is 5.25. The van der Waals surface area contributed by atoms with Crippen LogP contribution < -0.4 is 5.69 Å². The minimum absolute atomic E-state index is 0.245. The van der Waals surface area contributed by atoms with E-state index in [4.69, 9.17) is 0 Å². The lowest BCUT2D eigenvalue weighted by molar-refractivity contribution is 0.588. The molecule has 0 radical (unpaired) electrons. The van der Waals surface area contributed by atoms with Crippen LogP contribution in [0.2, 0.25) is 0 Å². The van der Waals surface area contributed by atoms with Crippen molar-refractivity contribution in [3.05, 3.63) is 28.6 Å². The second-order valence-electron chi connectivity index (χ2n) is 2.11. The molecule has 0 unspecified atom stereocenters. The third kappa shape index (κ3) is 0.899. The van der Waals surface area contributed by atoms with E-state index >= 15 is 0 Å². The Morgan fingerprint density at radius 2 is 2.18 bits per heavy atom. The van der Waals surface area contributed by atoms with Crippen LogP contribution >= 0.6 is 0 Å². The molecule has 0 fully saturated rings. The van der Waals surface area contributed by atoms with E-state index in [1.807, 2.05) is 0 Å². The summed E-state index contributed by atoms with van der Waals surface area (Å²) < 4.78 is 12.4. The zero-order chi connectivity index (χ0) is 7.84. The second-order valence-corrected chi connectivity index (χ2v) is 2.11. The van der Waals surface area contributed by atoms with Gasteiger partial charge in [0, 0.05) is 0 Å². The monoisotopic (exact) mass is 153 g/mol. The Labute approximate surface area is 60.1 Å².